The molecule has 0 radical (unpaired) electrons. The zero-order valence-corrected chi connectivity index (χ0v) is 7.00. The Morgan fingerprint density at radius 3 is 2.22 bits per heavy atom. The molecule has 1 N–H and O–H groups in total. The lowest BCUT2D eigenvalue weighted by molar-refractivity contribution is 0.220. The number of hydrogen-bond acceptors (Lipinski definition) is 4. The van der Waals surface area contributed by atoms with E-state index in [4.69, 9.17) is 5.11 Å². The molecule has 0 fully saturated rings. The van der Waals surface area contributed by atoms with Crippen LogP contribution in [0.15, 0.2) is 0 Å². The highest BCUT2D eigenvalue weighted by atomic mass is 33.1. The monoisotopic (exact) mass is 170 g/mol. The van der Waals surface area contributed by atoms with Crippen LogP contribution in [0, 0.1) is 0 Å². The van der Waals surface area contributed by atoms with Gasteiger partial charge in [0.05, 0.1) is 6.10 Å². The van der Waals surface area contributed by atoms with Gasteiger partial charge in [0.2, 0.25) is 0 Å². The highest BCUT2D eigenvalue weighted by Gasteiger charge is 2.04. The molecule has 0 saturated heterocycles. The van der Waals surface area contributed by atoms with Gasteiger partial charge in [-0.3, -0.25) is 0 Å². The Bertz CT molecular complexity index is 159. The van der Waals surface area contributed by atoms with Crippen LogP contribution in [0.2, 0.25) is 0 Å². The first-order valence-electron chi connectivity index (χ1n) is 2.44. The zero-order chi connectivity index (χ0) is 7.49. The van der Waals surface area contributed by atoms with E-state index in [2.05, 4.69) is 0 Å². The van der Waals surface area contributed by atoms with Gasteiger partial charge in [-0.2, -0.15) is 0 Å². The maximum atomic E-state index is 10.4. The van der Waals surface area contributed by atoms with Gasteiger partial charge < -0.3 is 5.11 Å². The molecule has 1 atom stereocenters. The van der Waals surface area contributed by atoms with E-state index in [1.807, 2.05) is 0 Å². The molecule has 0 aromatic rings. The van der Waals surface area contributed by atoms with Crippen molar-refractivity contribution >= 4 is 19.7 Å². The van der Waals surface area contributed by atoms with E-state index in [9.17, 15) is 8.42 Å². The van der Waals surface area contributed by atoms with Crippen molar-refractivity contribution in [3.05, 3.63) is 0 Å². The molecule has 0 bridgehead atoms. The van der Waals surface area contributed by atoms with Gasteiger partial charge in [0.15, 0.2) is 8.87 Å². The minimum absolute atomic E-state index is 0.249. The van der Waals surface area contributed by atoms with E-state index < -0.39 is 15.0 Å². The van der Waals surface area contributed by atoms with Gasteiger partial charge in [0, 0.05) is 12.0 Å². The van der Waals surface area contributed by atoms with Crippen LogP contribution in [0.25, 0.3) is 0 Å². The van der Waals surface area contributed by atoms with Crippen molar-refractivity contribution < 1.29 is 13.5 Å². The normalized spacial score (nSPS) is 15.4. The topological polar surface area (TPSA) is 54.4 Å². The van der Waals surface area contributed by atoms with Crippen LogP contribution >= 0.6 is 10.8 Å². The molecular weight excluding hydrogens is 160 g/mol. The fourth-order valence-corrected chi connectivity index (χ4v) is 2.00. The van der Waals surface area contributed by atoms with E-state index in [1.54, 1.807) is 6.92 Å². The third kappa shape index (κ3) is 8.26. The second-order valence-electron chi connectivity index (χ2n) is 1.84. The van der Waals surface area contributed by atoms with Gasteiger partial charge in [-0.05, 0) is 17.7 Å². The van der Waals surface area contributed by atoms with Crippen LogP contribution in [0.3, 0.4) is 0 Å². The molecule has 9 heavy (non-hydrogen) atoms. The van der Waals surface area contributed by atoms with Gasteiger partial charge >= 0.3 is 0 Å². The number of aliphatic hydroxyl groups is 1. The Morgan fingerprint density at radius 2 is 2.11 bits per heavy atom. The third-order valence-corrected chi connectivity index (χ3v) is 3.26. The largest absolute Gasteiger partial charge is 0.393 e. The first-order valence-corrected chi connectivity index (χ1v) is 5.83. The molecule has 0 aliphatic rings. The van der Waals surface area contributed by atoms with Crippen molar-refractivity contribution in [2.45, 2.75) is 13.0 Å². The predicted octanol–water partition coefficient (Wildman–Crippen LogP) is 0.0600. The average molecular weight is 170 g/mol. The van der Waals surface area contributed by atoms with Crippen LogP contribution < -0.4 is 0 Å². The molecule has 0 aliphatic carbocycles. The summed E-state index contributed by atoms with van der Waals surface area (Å²) in [6, 6.07) is 0. The van der Waals surface area contributed by atoms with Crippen molar-refractivity contribution in [1.82, 2.24) is 0 Å². The summed E-state index contributed by atoms with van der Waals surface area (Å²) >= 11 is 0. The van der Waals surface area contributed by atoms with E-state index in [0.29, 0.717) is 0 Å². The Kier molecular flexibility index (Phi) is 3.53. The molecule has 0 rings (SSSR count). The van der Waals surface area contributed by atoms with Crippen LogP contribution in [0.4, 0.5) is 0 Å². The molecule has 0 amide bonds. The first-order chi connectivity index (χ1) is 3.92. The maximum absolute atomic E-state index is 10.4. The quantitative estimate of drug-likeness (QED) is 0.608. The van der Waals surface area contributed by atoms with Crippen molar-refractivity contribution in [3.63, 3.8) is 0 Å². The van der Waals surface area contributed by atoms with Gasteiger partial charge in [-0.15, -0.1) is 0 Å². The van der Waals surface area contributed by atoms with Crippen molar-refractivity contribution in [2.75, 3.05) is 12.0 Å². The van der Waals surface area contributed by atoms with E-state index in [1.165, 1.54) is 0 Å². The third-order valence-electron chi connectivity index (χ3n) is 0.523. The van der Waals surface area contributed by atoms with Gasteiger partial charge in [0.25, 0.3) is 0 Å². The van der Waals surface area contributed by atoms with E-state index in [-0.39, 0.29) is 5.75 Å². The minimum Gasteiger partial charge on any atom is -0.393 e. The highest BCUT2D eigenvalue weighted by molar-refractivity contribution is 8.71. The van der Waals surface area contributed by atoms with Crippen LogP contribution in [0.1, 0.15) is 6.92 Å². The molecule has 0 aromatic heterocycles. The zero-order valence-electron chi connectivity index (χ0n) is 5.36. The Morgan fingerprint density at radius 1 is 1.67 bits per heavy atom. The van der Waals surface area contributed by atoms with Crippen LogP contribution in [0.5, 0.6) is 0 Å². The lowest BCUT2D eigenvalue weighted by Crippen LogP contribution is -2.05. The van der Waals surface area contributed by atoms with E-state index in [0.717, 1.165) is 17.0 Å². The fourth-order valence-electron chi connectivity index (χ4n) is 0.222. The molecule has 3 nitrogen and oxygen atoms in total. The molecule has 5 heteroatoms. The van der Waals surface area contributed by atoms with Crippen LogP contribution in [-0.4, -0.2) is 31.6 Å². The minimum atomic E-state index is -2.96. The summed E-state index contributed by atoms with van der Waals surface area (Å²) in [5, 5.41) is 8.63. The number of hydrogen-bond donors (Lipinski definition) is 1. The maximum Gasteiger partial charge on any atom is 0.198 e. The van der Waals surface area contributed by atoms with Crippen molar-refractivity contribution in [3.8, 4) is 0 Å². The summed E-state index contributed by atoms with van der Waals surface area (Å²) in [5.74, 6) is 0.249. The predicted molar refractivity (Wildman–Crippen MR) is 39.0 cm³/mol. The smallest absolute Gasteiger partial charge is 0.198 e. The van der Waals surface area contributed by atoms with Gasteiger partial charge in [-0.1, -0.05) is 0 Å². The lowest BCUT2D eigenvalue weighted by atomic mass is 10.5. The van der Waals surface area contributed by atoms with Crippen molar-refractivity contribution in [2.24, 2.45) is 0 Å². The summed E-state index contributed by atoms with van der Waals surface area (Å²) in [6.45, 7) is 1.55. The summed E-state index contributed by atoms with van der Waals surface area (Å²) in [7, 11) is -2.20. The Hall–Kier alpha value is 0.260. The summed E-state index contributed by atoms with van der Waals surface area (Å²) < 4.78 is 20.8. The second-order valence-corrected chi connectivity index (χ2v) is 6.34. The molecule has 0 unspecified atom stereocenters. The molecule has 0 heterocycles. The average Bonchev–Trinajstić information content (AvgIpc) is 1.59. The first kappa shape index (κ1) is 9.26. The van der Waals surface area contributed by atoms with Crippen molar-refractivity contribution in [1.29, 1.82) is 0 Å². The Balaban J connectivity index is 3.53. The van der Waals surface area contributed by atoms with Gasteiger partial charge in [0.1, 0.15) is 0 Å². The molecule has 0 aliphatic heterocycles. The summed E-state index contributed by atoms with van der Waals surface area (Å²) in [4.78, 5) is 0. The Labute approximate surface area is 58.8 Å². The molecule has 0 saturated carbocycles. The highest BCUT2D eigenvalue weighted by Crippen LogP contribution is 2.10. The van der Waals surface area contributed by atoms with E-state index >= 15 is 0 Å². The molecule has 56 valence electrons. The number of aliphatic hydroxyl groups excluding tert-OH is 1. The van der Waals surface area contributed by atoms with Gasteiger partial charge in [-0.25, -0.2) is 8.42 Å². The number of rotatable bonds is 3. The summed E-state index contributed by atoms with van der Waals surface area (Å²) in [5.41, 5.74) is 0. The SMILES string of the molecule is C[C@H](O)CSS(C)(=O)=O. The standard InChI is InChI=1S/C4H10O3S2/c1-4(5)3-8-9(2,6)7/h4-5H,3H2,1-2H3/t4-/m0/s1. The molecular formula is C4H10O3S2. The molecule has 0 spiro atoms. The molecule has 0 aromatic carbocycles. The van der Waals surface area contributed by atoms with Crippen LogP contribution in [-0.2, 0) is 8.87 Å². The second kappa shape index (κ2) is 3.43. The summed E-state index contributed by atoms with van der Waals surface area (Å²) in [6.07, 6.45) is 0.574. The fraction of sp³-hybridized carbons (Fsp3) is 1.00. The lowest BCUT2D eigenvalue weighted by Gasteiger charge is -1.99.